The second-order valence-corrected chi connectivity index (χ2v) is 7.03. The number of rotatable bonds is 2. The minimum atomic E-state index is -0.418. The quantitative estimate of drug-likeness (QED) is 0.894. The third-order valence-electron chi connectivity index (χ3n) is 3.61. The zero-order chi connectivity index (χ0) is 13.3. The maximum absolute atomic E-state index is 12.5. The Balaban J connectivity index is 2.15. The van der Waals surface area contributed by atoms with Crippen molar-refractivity contribution in [2.45, 2.75) is 45.7 Å². The molecular formula is C14H22N2OS. The Morgan fingerprint density at radius 3 is 2.83 bits per heavy atom. The molecule has 0 saturated carbocycles. The smallest absolute Gasteiger partial charge is 0.240 e. The molecule has 1 fully saturated rings. The van der Waals surface area contributed by atoms with Crippen LogP contribution in [0.4, 0.5) is 0 Å². The number of nitrogens with zero attached hydrogens (tertiary/aromatic N) is 1. The normalized spacial score (nSPS) is 22.2. The van der Waals surface area contributed by atoms with E-state index >= 15 is 0 Å². The number of carbonyl (C=O) groups excluding carboxylic acids is 1. The van der Waals surface area contributed by atoms with E-state index in [0.717, 1.165) is 19.4 Å². The van der Waals surface area contributed by atoms with Gasteiger partial charge >= 0.3 is 0 Å². The zero-order valence-corrected chi connectivity index (χ0v) is 12.2. The summed E-state index contributed by atoms with van der Waals surface area (Å²) < 4.78 is 0. The molecule has 1 aromatic heterocycles. The van der Waals surface area contributed by atoms with Crippen LogP contribution in [-0.4, -0.2) is 23.4 Å². The van der Waals surface area contributed by atoms with Gasteiger partial charge in [0.1, 0.15) is 0 Å². The Hall–Kier alpha value is -0.870. The van der Waals surface area contributed by atoms with Gasteiger partial charge in [-0.2, -0.15) is 0 Å². The molecule has 0 aromatic carbocycles. The number of hydrogen-bond donors (Lipinski definition) is 1. The highest BCUT2D eigenvalue weighted by atomic mass is 32.1. The van der Waals surface area contributed by atoms with E-state index in [9.17, 15) is 4.79 Å². The summed E-state index contributed by atoms with van der Waals surface area (Å²) in [4.78, 5) is 15.8. The molecule has 0 bridgehead atoms. The van der Waals surface area contributed by atoms with Gasteiger partial charge in [0.05, 0.1) is 12.1 Å². The van der Waals surface area contributed by atoms with E-state index < -0.39 is 6.04 Å². The van der Waals surface area contributed by atoms with Crippen LogP contribution in [0, 0.1) is 5.41 Å². The minimum absolute atomic E-state index is 0.0957. The molecule has 3 nitrogen and oxygen atoms in total. The SMILES string of the molecule is CC(C)(C)[C@H](N)C(=O)N1CCCC1c1cccs1. The standard InChI is InChI=1S/C14H22N2OS/c1-14(2,3)12(15)13(17)16-8-4-6-10(16)11-7-5-9-18-11/h5,7,9-10,12H,4,6,8,15H2,1-3H3/t10?,12-/m1/s1. The number of thiophene rings is 1. The molecule has 2 heterocycles. The van der Waals surface area contributed by atoms with Crippen LogP contribution >= 0.6 is 11.3 Å². The lowest BCUT2D eigenvalue weighted by molar-refractivity contribution is -0.135. The van der Waals surface area contributed by atoms with Crippen LogP contribution in [0.3, 0.4) is 0 Å². The van der Waals surface area contributed by atoms with E-state index in [2.05, 4.69) is 11.4 Å². The lowest BCUT2D eigenvalue weighted by Gasteiger charge is -2.32. The van der Waals surface area contributed by atoms with Crippen molar-refractivity contribution < 1.29 is 4.79 Å². The van der Waals surface area contributed by atoms with Crippen molar-refractivity contribution in [1.29, 1.82) is 0 Å². The minimum Gasteiger partial charge on any atom is -0.333 e. The molecule has 4 heteroatoms. The van der Waals surface area contributed by atoms with Crippen LogP contribution in [0.1, 0.15) is 44.5 Å². The highest BCUT2D eigenvalue weighted by Crippen LogP contribution is 2.35. The van der Waals surface area contributed by atoms with Gasteiger partial charge in [0.15, 0.2) is 0 Å². The summed E-state index contributed by atoms with van der Waals surface area (Å²) in [5.74, 6) is 0.0957. The summed E-state index contributed by atoms with van der Waals surface area (Å²) in [5, 5.41) is 2.07. The van der Waals surface area contributed by atoms with E-state index in [4.69, 9.17) is 5.73 Å². The topological polar surface area (TPSA) is 46.3 Å². The fourth-order valence-electron chi connectivity index (χ4n) is 2.36. The van der Waals surface area contributed by atoms with Crippen molar-refractivity contribution in [3.63, 3.8) is 0 Å². The van der Waals surface area contributed by atoms with Gasteiger partial charge < -0.3 is 10.6 Å². The summed E-state index contributed by atoms with van der Waals surface area (Å²) in [7, 11) is 0. The van der Waals surface area contributed by atoms with Crippen LogP contribution in [0.2, 0.25) is 0 Å². The highest BCUT2D eigenvalue weighted by Gasteiger charge is 2.37. The van der Waals surface area contributed by atoms with E-state index in [0.29, 0.717) is 0 Å². The second-order valence-electron chi connectivity index (χ2n) is 6.05. The van der Waals surface area contributed by atoms with Gasteiger partial charge in [-0.25, -0.2) is 0 Å². The van der Waals surface area contributed by atoms with Crippen molar-refractivity contribution in [2.75, 3.05) is 6.54 Å². The molecular weight excluding hydrogens is 244 g/mol. The molecule has 18 heavy (non-hydrogen) atoms. The molecule has 1 aliphatic rings. The molecule has 1 aromatic rings. The highest BCUT2D eigenvalue weighted by molar-refractivity contribution is 7.10. The third-order valence-corrected chi connectivity index (χ3v) is 4.58. The second kappa shape index (κ2) is 5.02. The Labute approximate surface area is 113 Å². The zero-order valence-electron chi connectivity index (χ0n) is 11.3. The first-order valence-electron chi connectivity index (χ1n) is 6.50. The van der Waals surface area contributed by atoms with Crippen LogP contribution in [0.25, 0.3) is 0 Å². The summed E-state index contributed by atoms with van der Waals surface area (Å²) in [6.45, 7) is 6.90. The largest absolute Gasteiger partial charge is 0.333 e. The van der Waals surface area contributed by atoms with Gasteiger partial charge in [0.25, 0.3) is 0 Å². The molecule has 1 aliphatic heterocycles. The number of nitrogens with two attached hydrogens (primary N) is 1. The third kappa shape index (κ3) is 2.59. The number of likely N-dealkylation sites (tertiary alicyclic amines) is 1. The summed E-state index contributed by atoms with van der Waals surface area (Å²) in [6, 6.07) is 3.98. The lowest BCUT2D eigenvalue weighted by atomic mass is 9.86. The van der Waals surface area contributed by atoms with Gasteiger partial charge in [-0.1, -0.05) is 26.8 Å². The van der Waals surface area contributed by atoms with E-state index in [1.165, 1.54) is 4.88 Å². The Morgan fingerprint density at radius 1 is 1.56 bits per heavy atom. The van der Waals surface area contributed by atoms with Crippen molar-refractivity contribution in [3.05, 3.63) is 22.4 Å². The first kappa shape index (κ1) is 13.6. The average molecular weight is 266 g/mol. The molecule has 100 valence electrons. The van der Waals surface area contributed by atoms with E-state index in [1.54, 1.807) is 11.3 Å². The van der Waals surface area contributed by atoms with Gasteiger partial charge in [-0.05, 0) is 29.7 Å². The van der Waals surface area contributed by atoms with Crippen molar-refractivity contribution >= 4 is 17.2 Å². The molecule has 2 N–H and O–H groups in total. The number of amides is 1. The predicted octanol–water partition coefficient (Wildman–Crippen LogP) is 2.79. The maximum Gasteiger partial charge on any atom is 0.240 e. The van der Waals surface area contributed by atoms with Crippen LogP contribution < -0.4 is 5.73 Å². The molecule has 0 aliphatic carbocycles. The van der Waals surface area contributed by atoms with Gasteiger partial charge in [0.2, 0.25) is 5.91 Å². The first-order valence-corrected chi connectivity index (χ1v) is 7.38. The summed E-state index contributed by atoms with van der Waals surface area (Å²) in [5.41, 5.74) is 5.92. The Morgan fingerprint density at radius 2 is 2.28 bits per heavy atom. The molecule has 2 atom stereocenters. The van der Waals surface area contributed by atoms with Crippen LogP contribution in [0.15, 0.2) is 17.5 Å². The van der Waals surface area contributed by atoms with Crippen molar-refractivity contribution in [3.8, 4) is 0 Å². The van der Waals surface area contributed by atoms with Crippen LogP contribution in [0.5, 0.6) is 0 Å². The molecule has 2 rings (SSSR count). The van der Waals surface area contributed by atoms with E-state index in [-0.39, 0.29) is 17.4 Å². The Kier molecular flexibility index (Phi) is 3.78. The molecule has 0 spiro atoms. The van der Waals surface area contributed by atoms with Crippen molar-refractivity contribution in [2.24, 2.45) is 11.1 Å². The number of hydrogen-bond acceptors (Lipinski definition) is 3. The van der Waals surface area contributed by atoms with Gasteiger partial charge in [-0.3, -0.25) is 4.79 Å². The average Bonchev–Trinajstić information content (AvgIpc) is 2.95. The van der Waals surface area contributed by atoms with Crippen LogP contribution in [-0.2, 0) is 4.79 Å². The van der Waals surface area contributed by atoms with Gasteiger partial charge in [0, 0.05) is 11.4 Å². The van der Waals surface area contributed by atoms with Crippen molar-refractivity contribution in [1.82, 2.24) is 4.90 Å². The fraction of sp³-hybridized carbons (Fsp3) is 0.643. The summed E-state index contributed by atoms with van der Waals surface area (Å²) >= 11 is 1.73. The fourth-order valence-corrected chi connectivity index (χ4v) is 3.23. The first-order chi connectivity index (χ1) is 8.41. The van der Waals surface area contributed by atoms with E-state index in [1.807, 2.05) is 31.7 Å². The maximum atomic E-state index is 12.5. The van der Waals surface area contributed by atoms with Gasteiger partial charge in [-0.15, -0.1) is 11.3 Å². The molecule has 1 saturated heterocycles. The number of carbonyl (C=O) groups is 1. The molecule has 0 radical (unpaired) electrons. The molecule has 1 unspecified atom stereocenters. The predicted molar refractivity (Wildman–Crippen MR) is 75.4 cm³/mol. The monoisotopic (exact) mass is 266 g/mol. The lowest BCUT2D eigenvalue weighted by Crippen LogP contribution is -2.50. The Bertz CT molecular complexity index is 408. The molecule has 1 amide bonds. The summed E-state index contributed by atoms with van der Waals surface area (Å²) in [6.07, 6.45) is 2.13.